The molecule has 3 nitrogen and oxygen atoms in total. The Morgan fingerprint density at radius 2 is 1.23 bits per heavy atom. The first-order chi connectivity index (χ1) is 12.2. The van der Waals surface area contributed by atoms with Crippen LogP contribution in [0.15, 0.2) is 33.2 Å². The van der Waals surface area contributed by atoms with E-state index in [0.29, 0.717) is 20.1 Å². The van der Waals surface area contributed by atoms with E-state index in [9.17, 15) is 15.0 Å². The molecule has 2 N–H and O–H groups in total. The molecule has 2 rings (SSSR count). The van der Waals surface area contributed by atoms with Crippen molar-refractivity contribution in [3.63, 3.8) is 0 Å². The molecule has 140 valence electrons. The van der Waals surface area contributed by atoms with E-state index in [1.807, 2.05) is 0 Å². The Morgan fingerprint density at radius 1 is 0.885 bits per heavy atom. The van der Waals surface area contributed by atoms with Gasteiger partial charge in [0.15, 0.2) is 0 Å². The Labute approximate surface area is 179 Å². The normalized spacial score (nSPS) is 13.5. The van der Waals surface area contributed by atoms with Crippen LogP contribution in [0.5, 0.6) is 11.5 Å². The van der Waals surface area contributed by atoms with E-state index < -0.39 is 11.8 Å². The van der Waals surface area contributed by atoms with Crippen molar-refractivity contribution in [2.24, 2.45) is 0 Å². The molecule has 0 amide bonds. The van der Waals surface area contributed by atoms with Crippen molar-refractivity contribution in [2.45, 2.75) is 37.4 Å². The minimum atomic E-state index is -0.581. The maximum Gasteiger partial charge on any atom is 0.147 e. The number of carbonyl (C=O) groups excluding carboxylic acids is 1. The van der Waals surface area contributed by atoms with Gasteiger partial charge in [-0.3, -0.25) is 4.79 Å². The highest BCUT2D eigenvalue weighted by atomic mass is 79.9. The maximum atomic E-state index is 13.1. The molecule has 0 aliphatic heterocycles. The van der Waals surface area contributed by atoms with Crippen LogP contribution in [0.4, 0.5) is 0 Å². The summed E-state index contributed by atoms with van der Waals surface area (Å²) in [5.74, 6) is -0.710. The highest BCUT2D eigenvalue weighted by Crippen LogP contribution is 2.40. The Kier molecular flexibility index (Phi) is 7.43. The van der Waals surface area contributed by atoms with Gasteiger partial charge in [-0.15, -0.1) is 23.2 Å². The minimum Gasteiger partial charge on any atom is -0.506 e. The third-order valence-corrected chi connectivity index (χ3v) is 6.23. The van der Waals surface area contributed by atoms with Crippen LogP contribution in [0.3, 0.4) is 0 Å². The quantitative estimate of drug-likeness (QED) is 0.420. The number of hydrogen-bond acceptors (Lipinski definition) is 3. The van der Waals surface area contributed by atoms with E-state index in [1.54, 1.807) is 38.1 Å². The molecule has 2 atom stereocenters. The van der Waals surface area contributed by atoms with Crippen molar-refractivity contribution in [3.05, 3.63) is 55.5 Å². The molecule has 0 aliphatic carbocycles. The molecule has 2 unspecified atom stereocenters. The second-order valence-corrected chi connectivity index (χ2v) is 8.39. The maximum absolute atomic E-state index is 13.1. The molecule has 7 heteroatoms. The number of aromatic hydroxyl groups is 2. The highest BCUT2D eigenvalue weighted by Gasteiger charge is 2.28. The van der Waals surface area contributed by atoms with Crippen molar-refractivity contribution < 1.29 is 15.0 Å². The van der Waals surface area contributed by atoms with E-state index in [4.69, 9.17) is 23.2 Å². The highest BCUT2D eigenvalue weighted by molar-refractivity contribution is 9.10. The van der Waals surface area contributed by atoms with Gasteiger partial charge in [-0.2, -0.15) is 0 Å². The minimum absolute atomic E-state index is 0.0202. The number of Topliss-reactive ketones (excluding diaryl/α,β-unsaturated/α-hetero) is 1. The molecule has 26 heavy (non-hydrogen) atoms. The smallest absolute Gasteiger partial charge is 0.147 e. The number of hydrogen-bond donors (Lipinski definition) is 2. The molecule has 0 fully saturated rings. The summed E-state index contributed by atoms with van der Waals surface area (Å²) in [4.78, 5) is 13.1. The van der Waals surface area contributed by atoms with Gasteiger partial charge in [0.25, 0.3) is 0 Å². The summed E-state index contributed by atoms with van der Waals surface area (Å²) in [7, 11) is 0. The number of phenolic OH excluding ortho intramolecular Hbond substituents is 2. The lowest BCUT2D eigenvalue weighted by atomic mass is 9.84. The van der Waals surface area contributed by atoms with Crippen molar-refractivity contribution in [2.75, 3.05) is 0 Å². The average molecular weight is 525 g/mol. The largest absolute Gasteiger partial charge is 0.506 e. The average Bonchev–Trinajstić information content (AvgIpc) is 2.64. The standard InChI is InChI=1S/C19H18Br2Cl2O3/c1-9(13-3-11(7-22)5-15(20)18(13)25)17(24)10(2)14-4-12(8-23)6-16(21)19(14)26/h3-6,9-10,25-26H,7-8H2,1-2H3. The van der Waals surface area contributed by atoms with Crippen LogP contribution in [0.1, 0.15) is 47.9 Å². The van der Waals surface area contributed by atoms with Crippen LogP contribution in [0.2, 0.25) is 0 Å². The van der Waals surface area contributed by atoms with Crippen LogP contribution < -0.4 is 0 Å². The zero-order valence-electron chi connectivity index (χ0n) is 14.2. The fourth-order valence-electron chi connectivity index (χ4n) is 2.85. The van der Waals surface area contributed by atoms with E-state index in [0.717, 1.165) is 11.1 Å². The second-order valence-electron chi connectivity index (χ2n) is 6.14. The fourth-order valence-corrected chi connectivity index (χ4v) is 4.21. The Balaban J connectivity index is 2.43. The zero-order chi connectivity index (χ0) is 19.6. The molecular weight excluding hydrogens is 507 g/mol. The number of ketones is 1. The monoisotopic (exact) mass is 522 g/mol. The summed E-state index contributed by atoms with van der Waals surface area (Å²) >= 11 is 18.4. The predicted octanol–water partition coefficient (Wildman–Crippen LogP) is 6.58. The number of phenols is 2. The molecule has 0 saturated carbocycles. The van der Waals surface area contributed by atoms with Crippen molar-refractivity contribution >= 4 is 60.8 Å². The van der Waals surface area contributed by atoms with Gasteiger partial charge in [-0.05, 0) is 55.1 Å². The molecule has 2 aromatic rings. The van der Waals surface area contributed by atoms with Gasteiger partial charge in [-0.1, -0.05) is 26.0 Å². The van der Waals surface area contributed by atoms with E-state index in [1.165, 1.54) is 0 Å². The van der Waals surface area contributed by atoms with Crippen molar-refractivity contribution in [1.82, 2.24) is 0 Å². The van der Waals surface area contributed by atoms with Gasteiger partial charge < -0.3 is 10.2 Å². The van der Waals surface area contributed by atoms with E-state index in [2.05, 4.69) is 31.9 Å². The number of rotatable bonds is 6. The summed E-state index contributed by atoms with van der Waals surface area (Å²) in [5.41, 5.74) is 2.60. The van der Waals surface area contributed by atoms with Crippen LogP contribution in [0, 0.1) is 0 Å². The molecule has 0 bridgehead atoms. The summed E-state index contributed by atoms with van der Waals surface area (Å²) in [5, 5.41) is 20.7. The van der Waals surface area contributed by atoms with Crippen LogP contribution in [0.25, 0.3) is 0 Å². The summed E-state index contributed by atoms with van der Waals surface area (Å²) in [6, 6.07) is 6.90. The topological polar surface area (TPSA) is 57.5 Å². The zero-order valence-corrected chi connectivity index (χ0v) is 18.9. The first kappa shape index (κ1) is 21.5. The summed E-state index contributed by atoms with van der Waals surface area (Å²) < 4.78 is 0.986. The predicted molar refractivity (Wildman–Crippen MR) is 113 cm³/mol. The van der Waals surface area contributed by atoms with Crippen LogP contribution >= 0.6 is 55.1 Å². The van der Waals surface area contributed by atoms with Gasteiger partial charge in [0.05, 0.1) is 8.95 Å². The second kappa shape index (κ2) is 8.96. The number of benzene rings is 2. The lowest BCUT2D eigenvalue weighted by Crippen LogP contribution is -2.17. The lowest BCUT2D eigenvalue weighted by molar-refractivity contribution is -0.121. The third-order valence-electron chi connectivity index (χ3n) is 4.40. The number of carbonyl (C=O) groups is 1. The van der Waals surface area contributed by atoms with Gasteiger partial charge in [0.2, 0.25) is 0 Å². The molecule has 0 heterocycles. The molecule has 2 aromatic carbocycles. The first-order valence-electron chi connectivity index (χ1n) is 7.89. The molecule has 0 aliphatic rings. The van der Waals surface area contributed by atoms with Crippen molar-refractivity contribution in [1.29, 1.82) is 0 Å². The lowest BCUT2D eigenvalue weighted by Gasteiger charge is -2.21. The fraction of sp³-hybridized carbons (Fsp3) is 0.316. The first-order valence-corrected chi connectivity index (χ1v) is 10.5. The molecule has 0 saturated heterocycles. The van der Waals surface area contributed by atoms with Gasteiger partial charge in [0, 0.05) is 34.7 Å². The molecule has 0 spiro atoms. The number of alkyl halides is 2. The van der Waals surface area contributed by atoms with Crippen LogP contribution in [-0.4, -0.2) is 16.0 Å². The molecule has 0 radical (unpaired) electrons. The van der Waals surface area contributed by atoms with Gasteiger partial charge in [-0.25, -0.2) is 0 Å². The Bertz CT molecular complexity index is 773. The van der Waals surface area contributed by atoms with Gasteiger partial charge >= 0.3 is 0 Å². The van der Waals surface area contributed by atoms with Crippen molar-refractivity contribution in [3.8, 4) is 11.5 Å². The van der Waals surface area contributed by atoms with E-state index in [-0.39, 0.29) is 29.0 Å². The SMILES string of the molecule is CC(C(=O)C(C)c1cc(CCl)cc(Br)c1O)c1cc(CCl)cc(Br)c1O. The number of halogens is 4. The Morgan fingerprint density at radius 3 is 1.54 bits per heavy atom. The Hall–Kier alpha value is -0.750. The molecule has 0 aromatic heterocycles. The summed E-state index contributed by atoms with van der Waals surface area (Å²) in [6.45, 7) is 3.46. The molecular formula is C19H18Br2Cl2O3. The third kappa shape index (κ3) is 4.38. The van der Waals surface area contributed by atoms with Crippen LogP contribution in [-0.2, 0) is 16.6 Å². The van der Waals surface area contributed by atoms with E-state index >= 15 is 0 Å². The van der Waals surface area contributed by atoms with Gasteiger partial charge in [0.1, 0.15) is 17.3 Å². The summed E-state index contributed by atoms with van der Waals surface area (Å²) in [6.07, 6.45) is 0.